The van der Waals surface area contributed by atoms with Gasteiger partial charge in [-0.25, -0.2) is 4.79 Å². The summed E-state index contributed by atoms with van der Waals surface area (Å²) in [4.78, 5) is 35.6. The van der Waals surface area contributed by atoms with E-state index in [1.165, 1.54) is 18.2 Å². The summed E-state index contributed by atoms with van der Waals surface area (Å²) in [6.07, 6.45) is 0. The molecule has 0 bridgehead atoms. The van der Waals surface area contributed by atoms with Crippen molar-refractivity contribution in [1.82, 2.24) is 4.57 Å². The molecule has 144 valence electrons. The van der Waals surface area contributed by atoms with Crippen LogP contribution in [-0.4, -0.2) is 28.0 Å². The number of amides is 1. The van der Waals surface area contributed by atoms with Crippen LogP contribution in [0, 0.1) is 30.9 Å². The quantitative estimate of drug-likeness (QED) is 0.471. The number of nitro groups is 1. The number of ether oxygens (including phenoxy) is 1. The number of aromatic nitrogens is 1. The Hall–Kier alpha value is -3.16. The number of rotatable bonds is 6. The second-order valence-electron chi connectivity index (χ2n) is 6.11. The first kappa shape index (κ1) is 20.2. The summed E-state index contributed by atoms with van der Waals surface area (Å²) in [6.45, 7) is 9.55. The van der Waals surface area contributed by atoms with E-state index in [-0.39, 0.29) is 18.2 Å². The molecule has 1 aromatic carbocycles. The van der Waals surface area contributed by atoms with Gasteiger partial charge in [0.1, 0.15) is 5.69 Å². The van der Waals surface area contributed by atoms with E-state index in [4.69, 9.17) is 4.74 Å². The van der Waals surface area contributed by atoms with Gasteiger partial charge < -0.3 is 14.6 Å². The largest absolute Gasteiger partial charge is 0.461 e. The number of carbonyl (C=O) groups is 2. The smallest absolute Gasteiger partial charge is 0.355 e. The van der Waals surface area contributed by atoms with E-state index < -0.39 is 10.9 Å². The number of esters is 1. The zero-order valence-corrected chi connectivity index (χ0v) is 16.1. The second kappa shape index (κ2) is 8.03. The van der Waals surface area contributed by atoms with Crippen LogP contribution in [0.3, 0.4) is 0 Å². The third kappa shape index (κ3) is 3.84. The summed E-state index contributed by atoms with van der Waals surface area (Å²) in [6, 6.07) is 4.24. The molecular formula is C19H23N3O5. The van der Waals surface area contributed by atoms with E-state index >= 15 is 0 Å². The molecule has 0 atom stereocenters. The SMILES string of the molecule is CCOC(=O)c1c(C)c(C(=O)Nc2ccc([N+](=O)[O-])cc2C)c(C)n1CC. The normalized spacial score (nSPS) is 10.6. The molecule has 0 saturated carbocycles. The van der Waals surface area contributed by atoms with E-state index in [1.54, 1.807) is 32.3 Å². The number of aryl methyl sites for hydroxylation is 1. The van der Waals surface area contributed by atoms with Gasteiger partial charge in [-0.05, 0) is 51.8 Å². The van der Waals surface area contributed by atoms with E-state index in [2.05, 4.69) is 5.32 Å². The first-order valence-corrected chi connectivity index (χ1v) is 8.66. The lowest BCUT2D eigenvalue weighted by Gasteiger charge is -2.09. The van der Waals surface area contributed by atoms with Crippen LogP contribution in [0.25, 0.3) is 0 Å². The van der Waals surface area contributed by atoms with E-state index in [1.807, 2.05) is 6.92 Å². The molecule has 0 radical (unpaired) electrons. The number of hydrogen-bond acceptors (Lipinski definition) is 5. The molecule has 1 aromatic heterocycles. The van der Waals surface area contributed by atoms with Gasteiger partial charge in [-0.2, -0.15) is 0 Å². The summed E-state index contributed by atoms with van der Waals surface area (Å²) in [5.41, 5.74) is 2.99. The number of hydrogen-bond donors (Lipinski definition) is 1. The van der Waals surface area contributed by atoms with Crippen LogP contribution in [0.4, 0.5) is 11.4 Å². The molecule has 0 aliphatic carbocycles. The Labute approximate surface area is 157 Å². The van der Waals surface area contributed by atoms with Gasteiger partial charge in [0.15, 0.2) is 0 Å². The zero-order chi connectivity index (χ0) is 20.3. The molecule has 27 heavy (non-hydrogen) atoms. The summed E-state index contributed by atoms with van der Waals surface area (Å²) >= 11 is 0. The highest BCUT2D eigenvalue weighted by atomic mass is 16.6. The van der Waals surface area contributed by atoms with Crippen molar-refractivity contribution in [3.63, 3.8) is 0 Å². The van der Waals surface area contributed by atoms with Crippen molar-refractivity contribution < 1.29 is 19.2 Å². The van der Waals surface area contributed by atoms with Crippen molar-refractivity contribution in [2.75, 3.05) is 11.9 Å². The maximum absolute atomic E-state index is 12.9. The fourth-order valence-electron chi connectivity index (χ4n) is 3.17. The van der Waals surface area contributed by atoms with Crippen LogP contribution in [-0.2, 0) is 11.3 Å². The standard InChI is InChI=1S/C19H23N3O5/c1-6-21-13(5)16(12(4)17(21)19(24)27-7-2)18(23)20-15-9-8-14(22(25)26)10-11(15)3/h8-10H,6-7H2,1-5H3,(H,20,23). The van der Waals surface area contributed by atoms with Gasteiger partial charge in [0.25, 0.3) is 11.6 Å². The van der Waals surface area contributed by atoms with Gasteiger partial charge in [0.2, 0.25) is 0 Å². The third-order valence-electron chi connectivity index (χ3n) is 4.45. The van der Waals surface area contributed by atoms with Crippen LogP contribution in [0.15, 0.2) is 18.2 Å². The minimum absolute atomic E-state index is 0.0420. The highest BCUT2D eigenvalue weighted by Crippen LogP contribution is 2.26. The van der Waals surface area contributed by atoms with E-state index in [0.29, 0.717) is 40.3 Å². The van der Waals surface area contributed by atoms with Gasteiger partial charge in [0.05, 0.1) is 17.1 Å². The summed E-state index contributed by atoms with van der Waals surface area (Å²) in [5, 5.41) is 13.6. The molecule has 8 nitrogen and oxygen atoms in total. The molecule has 0 spiro atoms. The van der Waals surface area contributed by atoms with Crippen molar-refractivity contribution in [3.05, 3.63) is 56.4 Å². The Kier molecular flexibility index (Phi) is 5.99. The van der Waals surface area contributed by atoms with Gasteiger partial charge in [-0.15, -0.1) is 0 Å². The first-order valence-electron chi connectivity index (χ1n) is 8.66. The molecule has 8 heteroatoms. The Morgan fingerprint density at radius 3 is 2.41 bits per heavy atom. The Morgan fingerprint density at radius 1 is 1.22 bits per heavy atom. The fraction of sp³-hybridized carbons (Fsp3) is 0.368. The molecule has 0 fully saturated rings. The number of nitrogens with one attached hydrogen (secondary N) is 1. The van der Waals surface area contributed by atoms with E-state index in [9.17, 15) is 19.7 Å². The number of benzene rings is 1. The van der Waals surface area contributed by atoms with Crippen molar-refractivity contribution in [1.29, 1.82) is 0 Å². The fourth-order valence-corrected chi connectivity index (χ4v) is 3.17. The van der Waals surface area contributed by atoms with Gasteiger partial charge in [0, 0.05) is 30.1 Å². The molecule has 1 amide bonds. The molecule has 2 aromatic rings. The maximum atomic E-state index is 12.9. The van der Waals surface area contributed by atoms with Gasteiger partial charge in [-0.3, -0.25) is 14.9 Å². The predicted molar refractivity (Wildman–Crippen MR) is 101 cm³/mol. The average molecular weight is 373 g/mol. The van der Waals surface area contributed by atoms with Crippen LogP contribution >= 0.6 is 0 Å². The highest BCUT2D eigenvalue weighted by molar-refractivity contribution is 6.08. The maximum Gasteiger partial charge on any atom is 0.355 e. The van der Waals surface area contributed by atoms with Crippen LogP contribution in [0.2, 0.25) is 0 Å². The molecule has 0 aliphatic rings. The lowest BCUT2D eigenvalue weighted by atomic mass is 10.1. The summed E-state index contributed by atoms with van der Waals surface area (Å²) in [7, 11) is 0. The third-order valence-corrected chi connectivity index (χ3v) is 4.45. The molecule has 0 unspecified atom stereocenters. The lowest BCUT2D eigenvalue weighted by molar-refractivity contribution is -0.384. The van der Waals surface area contributed by atoms with Gasteiger partial charge in [-0.1, -0.05) is 0 Å². The zero-order valence-electron chi connectivity index (χ0n) is 16.1. The Morgan fingerprint density at radius 2 is 1.89 bits per heavy atom. The second-order valence-corrected chi connectivity index (χ2v) is 6.11. The van der Waals surface area contributed by atoms with E-state index in [0.717, 1.165) is 0 Å². The lowest BCUT2D eigenvalue weighted by Crippen LogP contribution is -2.15. The monoisotopic (exact) mass is 373 g/mol. The topological polar surface area (TPSA) is 103 Å². The number of anilines is 1. The van der Waals surface area contributed by atoms with Crippen LogP contribution < -0.4 is 5.32 Å². The summed E-state index contributed by atoms with van der Waals surface area (Å²) < 4.78 is 6.87. The molecule has 0 saturated heterocycles. The summed E-state index contributed by atoms with van der Waals surface area (Å²) in [5.74, 6) is -0.842. The van der Waals surface area contributed by atoms with Crippen molar-refractivity contribution in [3.8, 4) is 0 Å². The van der Waals surface area contributed by atoms with Crippen molar-refractivity contribution in [2.24, 2.45) is 0 Å². The minimum Gasteiger partial charge on any atom is -0.461 e. The molecular weight excluding hydrogens is 350 g/mol. The van der Waals surface area contributed by atoms with Gasteiger partial charge >= 0.3 is 5.97 Å². The predicted octanol–water partition coefficient (Wildman–Crippen LogP) is 3.77. The number of nitrogens with zero attached hydrogens (tertiary/aromatic N) is 2. The number of carbonyl (C=O) groups excluding carboxylic acids is 2. The number of non-ortho nitro benzene ring substituents is 1. The first-order chi connectivity index (χ1) is 12.7. The van der Waals surface area contributed by atoms with Crippen LogP contribution in [0.5, 0.6) is 0 Å². The Balaban J connectivity index is 2.42. The minimum atomic E-state index is -0.486. The number of nitro benzene ring substituents is 1. The Bertz CT molecular complexity index is 915. The average Bonchev–Trinajstić information content (AvgIpc) is 2.86. The molecule has 2 rings (SSSR count). The highest BCUT2D eigenvalue weighted by Gasteiger charge is 2.27. The molecule has 1 heterocycles. The van der Waals surface area contributed by atoms with Crippen LogP contribution in [0.1, 0.15) is 51.5 Å². The molecule has 0 aliphatic heterocycles. The van der Waals surface area contributed by atoms with Crippen molar-refractivity contribution >= 4 is 23.3 Å². The molecule has 1 N–H and O–H groups in total. The van der Waals surface area contributed by atoms with Crippen molar-refractivity contribution in [2.45, 2.75) is 41.2 Å².